The van der Waals surface area contributed by atoms with Gasteiger partial charge in [0.15, 0.2) is 0 Å². The number of likely N-dealkylation sites (tertiary alicyclic amines) is 1. The molecule has 0 aliphatic carbocycles. The van der Waals surface area contributed by atoms with E-state index >= 15 is 0 Å². The van der Waals surface area contributed by atoms with Crippen molar-refractivity contribution >= 4 is 10.9 Å². The Labute approximate surface area is 120 Å². The zero-order chi connectivity index (χ0) is 13.9. The Morgan fingerprint density at radius 2 is 2.10 bits per heavy atom. The van der Waals surface area contributed by atoms with Crippen LogP contribution in [0, 0.1) is 5.92 Å². The van der Waals surface area contributed by atoms with Crippen LogP contribution in [0.15, 0.2) is 36.5 Å². The van der Waals surface area contributed by atoms with E-state index in [4.69, 9.17) is 5.73 Å². The van der Waals surface area contributed by atoms with Crippen LogP contribution < -0.4 is 5.73 Å². The summed E-state index contributed by atoms with van der Waals surface area (Å²) in [6.07, 6.45) is 4.45. The van der Waals surface area contributed by atoms with Gasteiger partial charge >= 0.3 is 0 Å². The summed E-state index contributed by atoms with van der Waals surface area (Å²) in [5.74, 6) is 0.652. The fraction of sp³-hybridized carbons (Fsp3) is 0.471. The van der Waals surface area contributed by atoms with Gasteiger partial charge in [-0.25, -0.2) is 0 Å². The number of fused-ring (bicyclic) bond motifs is 1. The van der Waals surface area contributed by atoms with Gasteiger partial charge in [-0.05, 0) is 49.9 Å². The van der Waals surface area contributed by atoms with Gasteiger partial charge in [-0.1, -0.05) is 18.2 Å². The summed E-state index contributed by atoms with van der Waals surface area (Å²) in [5.41, 5.74) is 8.32. The second kappa shape index (κ2) is 5.90. The van der Waals surface area contributed by atoms with Gasteiger partial charge in [0.25, 0.3) is 0 Å². The van der Waals surface area contributed by atoms with Gasteiger partial charge in [-0.15, -0.1) is 0 Å². The molecule has 1 aromatic carbocycles. The predicted molar refractivity (Wildman–Crippen MR) is 83.4 cm³/mol. The number of nitrogens with zero attached hydrogens (tertiary/aromatic N) is 2. The third kappa shape index (κ3) is 2.69. The molecule has 1 aromatic heterocycles. The van der Waals surface area contributed by atoms with Crippen molar-refractivity contribution < 1.29 is 0 Å². The highest BCUT2D eigenvalue weighted by atomic mass is 15.2. The number of aromatic nitrogens is 1. The molecule has 3 nitrogen and oxygen atoms in total. The topological polar surface area (TPSA) is 42.1 Å². The molecule has 0 saturated carbocycles. The molecule has 0 radical (unpaired) electrons. The summed E-state index contributed by atoms with van der Waals surface area (Å²) in [6, 6.07) is 11.2. The van der Waals surface area contributed by atoms with E-state index in [1.165, 1.54) is 23.8 Å². The molecule has 3 heteroatoms. The minimum Gasteiger partial charge on any atom is -0.330 e. The van der Waals surface area contributed by atoms with Crippen molar-refractivity contribution in [3.63, 3.8) is 0 Å². The molecule has 2 heterocycles. The molecule has 1 fully saturated rings. The molecule has 2 aromatic rings. The number of hydrogen-bond donors (Lipinski definition) is 1. The molecule has 0 amide bonds. The van der Waals surface area contributed by atoms with E-state index in [2.05, 4.69) is 41.1 Å². The van der Waals surface area contributed by atoms with Crippen LogP contribution in [-0.2, 0) is 6.54 Å². The normalized spacial score (nSPS) is 24.1. The minimum absolute atomic E-state index is 0.643. The summed E-state index contributed by atoms with van der Waals surface area (Å²) in [7, 11) is 0. The van der Waals surface area contributed by atoms with E-state index in [1.807, 2.05) is 12.3 Å². The van der Waals surface area contributed by atoms with Crippen LogP contribution in [0.5, 0.6) is 0 Å². The second-order valence-corrected chi connectivity index (χ2v) is 5.94. The van der Waals surface area contributed by atoms with Crippen LogP contribution in [0.25, 0.3) is 10.9 Å². The molecular formula is C17H23N3. The molecule has 2 N–H and O–H groups in total. The number of pyridine rings is 1. The standard InChI is InChI=1S/C17H23N3/c1-13-6-7-14(10-18)11-20(13)12-15-8-9-19-17-5-3-2-4-16(15)17/h2-5,8-9,13-14H,6-7,10-12,18H2,1H3. The molecule has 2 unspecified atom stereocenters. The van der Waals surface area contributed by atoms with Crippen LogP contribution in [0.2, 0.25) is 0 Å². The maximum absolute atomic E-state index is 5.86. The lowest BCUT2D eigenvalue weighted by atomic mass is 9.93. The smallest absolute Gasteiger partial charge is 0.0705 e. The predicted octanol–water partition coefficient (Wildman–Crippen LogP) is 2.79. The van der Waals surface area contributed by atoms with Crippen LogP contribution >= 0.6 is 0 Å². The first-order valence-corrected chi connectivity index (χ1v) is 7.54. The van der Waals surface area contributed by atoms with Gasteiger partial charge < -0.3 is 5.73 Å². The van der Waals surface area contributed by atoms with Crippen molar-refractivity contribution in [1.29, 1.82) is 0 Å². The molecule has 106 valence electrons. The average molecular weight is 269 g/mol. The van der Waals surface area contributed by atoms with E-state index in [9.17, 15) is 0 Å². The summed E-state index contributed by atoms with van der Waals surface area (Å²) in [5, 5.41) is 1.28. The maximum atomic E-state index is 5.86. The first kappa shape index (κ1) is 13.5. The number of para-hydroxylation sites is 1. The van der Waals surface area contributed by atoms with Crippen molar-refractivity contribution in [2.24, 2.45) is 11.7 Å². The van der Waals surface area contributed by atoms with E-state index in [0.29, 0.717) is 12.0 Å². The molecular weight excluding hydrogens is 246 g/mol. The molecule has 2 atom stereocenters. The highest BCUT2D eigenvalue weighted by molar-refractivity contribution is 5.81. The zero-order valence-electron chi connectivity index (χ0n) is 12.1. The minimum atomic E-state index is 0.643. The molecule has 0 bridgehead atoms. The summed E-state index contributed by atoms with van der Waals surface area (Å²) < 4.78 is 0. The van der Waals surface area contributed by atoms with Gasteiger partial charge in [-0.2, -0.15) is 0 Å². The van der Waals surface area contributed by atoms with Crippen molar-refractivity contribution in [2.75, 3.05) is 13.1 Å². The third-order valence-corrected chi connectivity index (χ3v) is 4.55. The SMILES string of the molecule is CC1CCC(CN)CN1Cc1ccnc2ccccc12. The molecule has 3 rings (SSSR count). The number of piperidine rings is 1. The largest absolute Gasteiger partial charge is 0.330 e. The fourth-order valence-corrected chi connectivity index (χ4v) is 3.19. The Balaban J connectivity index is 1.85. The second-order valence-electron chi connectivity index (χ2n) is 5.94. The van der Waals surface area contributed by atoms with E-state index < -0.39 is 0 Å². The monoisotopic (exact) mass is 269 g/mol. The molecule has 1 saturated heterocycles. The maximum Gasteiger partial charge on any atom is 0.0705 e. The van der Waals surface area contributed by atoms with Crippen LogP contribution in [0.4, 0.5) is 0 Å². The first-order chi connectivity index (χ1) is 9.78. The van der Waals surface area contributed by atoms with Gasteiger partial charge in [0.2, 0.25) is 0 Å². The average Bonchev–Trinajstić information content (AvgIpc) is 2.50. The van der Waals surface area contributed by atoms with Crippen molar-refractivity contribution in [2.45, 2.75) is 32.4 Å². The van der Waals surface area contributed by atoms with Gasteiger partial charge in [0, 0.05) is 30.7 Å². The van der Waals surface area contributed by atoms with Crippen LogP contribution in [0.3, 0.4) is 0 Å². The lowest BCUT2D eigenvalue weighted by molar-refractivity contribution is 0.114. The van der Waals surface area contributed by atoms with Crippen LogP contribution in [-0.4, -0.2) is 29.0 Å². The van der Waals surface area contributed by atoms with E-state index in [1.54, 1.807) is 0 Å². The number of rotatable bonds is 3. The Kier molecular flexibility index (Phi) is 3.99. The molecule has 1 aliphatic heterocycles. The Bertz CT molecular complexity index is 576. The van der Waals surface area contributed by atoms with Crippen molar-refractivity contribution in [1.82, 2.24) is 9.88 Å². The van der Waals surface area contributed by atoms with Crippen molar-refractivity contribution in [3.8, 4) is 0 Å². The Hall–Kier alpha value is -1.45. The number of nitrogens with two attached hydrogens (primary N) is 1. The van der Waals surface area contributed by atoms with Crippen molar-refractivity contribution in [3.05, 3.63) is 42.1 Å². The van der Waals surface area contributed by atoms with E-state index in [0.717, 1.165) is 25.2 Å². The third-order valence-electron chi connectivity index (χ3n) is 4.55. The molecule has 0 spiro atoms. The Morgan fingerprint density at radius 3 is 2.95 bits per heavy atom. The summed E-state index contributed by atoms with van der Waals surface area (Å²) in [4.78, 5) is 7.02. The highest BCUT2D eigenvalue weighted by Gasteiger charge is 2.24. The molecule has 1 aliphatic rings. The number of hydrogen-bond acceptors (Lipinski definition) is 3. The lowest BCUT2D eigenvalue weighted by Gasteiger charge is -2.37. The number of benzene rings is 1. The quantitative estimate of drug-likeness (QED) is 0.931. The summed E-state index contributed by atoms with van der Waals surface area (Å²) in [6.45, 7) is 5.26. The molecule has 20 heavy (non-hydrogen) atoms. The van der Waals surface area contributed by atoms with E-state index in [-0.39, 0.29) is 0 Å². The first-order valence-electron chi connectivity index (χ1n) is 7.54. The highest BCUT2D eigenvalue weighted by Crippen LogP contribution is 2.25. The summed E-state index contributed by atoms with van der Waals surface area (Å²) >= 11 is 0. The van der Waals surface area contributed by atoms with Gasteiger partial charge in [0.05, 0.1) is 5.52 Å². The fourth-order valence-electron chi connectivity index (χ4n) is 3.19. The lowest BCUT2D eigenvalue weighted by Crippen LogP contribution is -2.43. The Morgan fingerprint density at radius 1 is 1.25 bits per heavy atom. The zero-order valence-corrected chi connectivity index (χ0v) is 12.1. The van der Waals surface area contributed by atoms with Gasteiger partial charge in [0.1, 0.15) is 0 Å². The van der Waals surface area contributed by atoms with Gasteiger partial charge in [-0.3, -0.25) is 9.88 Å². The van der Waals surface area contributed by atoms with Crippen LogP contribution in [0.1, 0.15) is 25.3 Å².